The molecule has 3 rings (SSSR count). The summed E-state index contributed by atoms with van der Waals surface area (Å²) in [5, 5.41) is 6.91. The molecule has 7 heteroatoms. The van der Waals surface area contributed by atoms with Gasteiger partial charge < -0.3 is 0 Å². The number of rotatable bonds is 4. The van der Waals surface area contributed by atoms with Crippen LogP contribution in [0.4, 0.5) is 8.78 Å². The van der Waals surface area contributed by atoms with Gasteiger partial charge in [0.15, 0.2) is 11.4 Å². The largest absolute Gasteiger partial charge is 0.287 e. The summed E-state index contributed by atoms with van der Waals surface area (Å²) < 4.78 is 30.3. The number of ketones is 2. The van der Waals surface area contributed by atoms with Crippen molar-refractivity contribution in [2.24, 2.45) is 0 Å². The van der Waals surface area contributed by atoms with Gasteiger partial charge in [0.05, 0.1) is 0 Å². The summed E-state index contributed by atoms with van der Waals surface area (Å²) in [5.41, 5.74) is -0.303. The van der Waals surface area contributed by atoms with E-state index >= 15 is 0 Å². The van der Waals surface area contributed by atoms with Gasteiger partial charge in [-0.05, 0) is 58.8 Å². The van der Waals surface area contributed by atoms with Crippen LogP contribution in [-0.2, 0) is 0 Å². The Hall–Kier alpha value is -3.22. The van der Waals surface area contributed by atoms with E-state index in [9.17, 15) is 18.4 Å². The Morgan fingerprint density at radius 1 is 0.696 bits per heavy atom. The maximum absolute atomic E-state index is 12.9. The fourth-order valence-corrected chi connectivity index (χ4v) is 1.96. The second kappa shape index (κ2) is 5.88. The number of carbonyl (C=O) groups excluding carboxylic acids is 2. The molecule has 0 unspecified atom stereocenters. The van der Waals surface area contributed by atoms with E-state index in [1.807, 2.05) is 0 Å². The van der Waals surface area contributed by atoms with Crippen LogP contribution in [0.1, 0.15) is 32.1 Å². The molecule has 5 nitrogen and oxygen atoms in total. The Balaban J connectivity index is 1.96. The molecule has 0 saturated heterocycles. The molecule has 0 spiro atoms. The molecule has 0 saturated carbocycles. The molecule has 0 N–H and O–H groups in total. The molecule has 0 radical (unpaired) electrons. The molecule has 0 atom stereocenters. The molecule has 1 heterocycles. The summed E-state index contributed by atoms with van der Waals surface area (Å²) in [6.07, 6.45) is 0. The minimum absolute atomic E-state index is 0.134. The highest BCUT2D eigenvalue weighted by Gasteiger charge is 2.26. The van der Waals surface area contributed by atoms with Crippen molar-refractivity contribution < 1.29 is 23.0 Å². The van der Waals surface area contributed by atoms with Crippen molar-refractivity contribution in [1.29, 1.82) is 0 Å². The lowest BCUT2D eigenvalue weighted by atomic mass is 10.0. The zero-order chi connectivity index (χ0) is 16.4. The van der Waals surface area contributed by atoms with Crippen molar-refractivity contribution in [2.75, 3.05) is 0 Å². The average Bonchev–Trinajstić information content (AvgIpc) is 3.04. The molecule has 23 heavy (non-hydrogen) atoms. The summed E-state index contributed by atoms with van der Waals surface area (Å²) in [7, 11) is 0. The van der Waals surface area contributed by atoms with Crippen molar-refractivity contribution >= 4 is 11.6 Å². The van der Waals surface area contributed by atoms with E-state index in [1.165, 1.54) is 24.3 Å². The number of hydrogen-bond acceptors (Lipinski definition) is 5. The fourth-order valence-electron chi connectivity index (χ4n) is 1.96. The number of hydrogen-bond donors (Lipinski definition) is 0. The van der Waals surface area contributed by atoms with Gasteiger partial charge in [0, 0.05) is 11.1 Å². The molecule has 0 aliphatic carbocycles. The van der Waals surface area contributed by atoms with Crippen molar-refractivity contribution in [3.63, 3.8) is 0 Å². The smallest absolute Gasteiger partial charge is 0.217 e. The minimum atomic E-state index is -0.628. The second-order valence-corrected chi connectivity index (χ2v) is 4.63. The zero-order valence-electron chi connectivity index (χ0n) is 11.5. The molecule has 0 aliphatic heterocycles. The molecule has 0 fully saturated rings. The SMILES string of the molecule is O=C(c1ccc(F)cc1)c1nonc1C(=O)c1ccc(F)cc1. The highest BCUT2D eigenvalue weighted by atomic mass is 19.1. The van der Waals surface area contributed by atoms with Crippen LogP contribution >= 0.6 is 0 Å². The molecule has 114 valence electrons. The van der Waals surface area contributed by atoms with Gasteiger partial charge in [-0.3, -0.25) is 9.59 Å². The molecule has 0 amide bonds. The van der Waals surface area contributed by atoms with Gasteiger partial charge in [0.2, 0.25) is 11.6 Å². The maximum Gasteiger partial charge on any atom is 0.217 e. The second-order valence-electron chi connectivity index (χ2n) is 4.63. The quantitative estimate of drug-likeness (QED) is 0.692. The molecule has 3 aromatic rings. The highest BCUT2D eigenvalue weighted by molar-refractivity contribution is 6.17. The summed E-state index contributed by atoms with van der Waals surface area (Å²) in [4.78, 5) is 24.7. The Morgan fingerprint density at radius 2 is 1.04 bits per heavy atom. The van der Waals surface area contributed by atoms with Crippen LogP contribution in [-0.4, -0.2) is 21.9 Å². The van der Waals surface area contributed by atoms with Gasteiger partial charge in [0.1, 0.15) is 11.6 Å². The van der Waals surface area contributed by atoms with Gasteiger partial charge >= 0.3 is 0 Å². The van der Waals surface area contributed by atoms with E-state index in [4.69, 9.17) is 0 Å². The first-order chi connectivity index (χ1) is 11.1. The summed E-state index contributed by atoms with van der Waals surface area (Å²) in [6, 6.07) is 9.50. The van der Waals surface area contributed by atoms with Gasteiger partial charge in [-0.2, -0.15) is 0 Å². The summed E-state index contributed by atoms with van der Waals surface area (Å²) in [6.45, 7) is 0. The van der Waals surface area contributed by atoms with Crippen LogP contribution in [0.3, 0.4) is 0 Å². The number of benzene rings is 2. The predicted octanol–water partition coefficient (Wildman–Crippen LogP) is 2.81. The molecule has 0 bridgehead atoms. The number of nitrogens with zero attached hydrogens (tertiary/aromatic N) is 2. The van der Waals surface area contributed by atoms with E-state index in [2.05, 4.69) is 14.9 Å². The first-order valence-corrected chi connectivity index (χ1v) is 6.49. The van der Waals surface area contributed by atoms with E-state index in [-0.39, 0.29) is 22.5 Å². The molecule has 2 aromatic carbocycles. The van der Waals surface area contributed by atoms with Crippen LogP contribution in [0.25, 0.3) is 0 Å². The van der Waals surface area contributed by atoms with Crippen LogP contribution in [0.2, 0.25) is 0 Å². The van der Waals surface area contributed by atoms with Crippen molar-refractivity contribution in [3.05, 3.63) is 82.7 Å². The Labute approximate surface area is 128 Å². The van der Waals surface area contributed by atoms with Crippen LogP contribution in [0.15, 0.2) is 53.2 Å². The third kappa shape index (κ3) is 2.89. The minimum Gasteiger partial charge on any atom is -0.287 e. The Bertz CT molecular complexity index is 799. The summed E-state index contributed by atoms with van der Waals surface area (Å²) in [5.74, 6) is -2.25. The highest BCUT2D eigenvalue weighted by Crippen LogP contribution is 2.16. The topological polar surface area (TPSA) is 73.1 Å². The molecular formula is C16H8F2N2O3. The molecule has 0 aliphatic rings. The predicted molar refractivity (Wildman–Crippen MR) is 74.0 cm³/mol. The fraction of sp³-hybridized carbons (Fsp3) is 0. The van der Waals surface area contributed by atoms with Gasteiger partial charge in [-0.1, -0.05) is 0 Å². The summed E-state index contributed by atoms with van der Waals surface area (Å²) >= 11 is 0. The lowest BCUT2D eigenvalue weighted by Crippen LogP contribution is -2.11. The lowest BCUT2D eigenvalue weighted by Gasteiger charge is -2.00. The van der Waals surface area contributed by atoms with E-state index in [0.29, 0.717) is 0 Å². The van der Waals surface area contributed by atoms with Crippen molar-refractivity contribution in [2.45, 2.75) is 0 Å². The Kier molecular flexibility index (Phi) is 3.76. The zero-order valence-corrected chi connectivity index (χ0v) is 11.5. The third-order valence-electron chi connectivity index (χ3n) is 3.13. The number of halogens is 2. The molecular weight excluding hydrogens is 306 g/mol. The first-order valence-electron chi connectivity index (χ1n) is 6.49. The van der Waals surface area contributed by atoms with Crippen LogP contribution in [0, 0.1) is 11.6 Å². The number of aromatic nitrogens is 2. The van der Waals surface area contributed by atoms with Crippen LogP contribution in [0.5, 0.6) is 0 Å². The van der Waals surface area contributed by atoms with Crippen molar-refractivity contribution in [3.8, 4) is 0 Å². The number of carbonyl (C=O) groups is 2. The van der Waals surface area contributed by atoms with Crippen LogP contribution < -0.4 is 0 Å². The van der Waals surface area contributed by atoms with E-state index < -0.39 is 23.2 Å². The standard InChI is InChI=1S/C16H8F2N2O3/c17-11-5-1-9(2-6-11)15(21)13-14(20-23-19-13)16(22)10-3-7-12(18)8-4-10/h1-8H. The van der Waals surface area contributed by atoms with E-state index in [0.717, 1.165) is 24.3 Å². The monoisotopic (exact) mass is 314 g/mol. The van der Waals surface area contributed by atoms with E-state index in [1.54, 1.807) is 0 Å². The average molecular weight is 314 g/mol. The molecule has 1 aromatic heterocycles. The lowest BCUT2D eigenvalue weighted by molar-refractivity contribution is 0.0998. The first kappa shape index (κ1) is 14.7. The van der Waals surface area contributed by atoms with Gasteiger partial charge in [-0.15, -0.1) is 0 Å². The Morgan fingerprint density at radius 3 is 1.39 bits per heavy atom. The van der Waals surface area contributed by atoms with Gasteiger partial charge in [0.25, 0.3) is 0 Å². The van der Waals surface area contributed by atoms with Crippen molar-refractivity contribution in [1.82, 2.24) is 10.3 Å². The maximum atomic E-state index is 12.9. The van der Waals surface area contributed by atoms with Gasteiger partial charge in [-0.25, -0.2) is 13.4 Å². The third-order valence-corrected chi connectivity index (χ3v) is 3.13. The normalized spacial score (nSPS) is 10.5.